The molecule has 1 atom stereocenters. The molecule has 122 valence electrons. The molecule has 0 radical (unpaired) electrons. The van der Waals surface area contributed by atoms with E-state index in [4.69, 9.17) is 14.2 Å². The van der Waals surface area contributed by atoms with Crippen LogP contribution in [0.2, 0.25) is 0 Å². The molecule has 0 saturated carbocycles. The van der Waals surface area contributed by atoms with E-state index in [0.29, 0.717) is 30.3 Å². The molecule has 1 fully saturated rings. The van der Waals surface area contributed by atoms with Crippen molar-refractivity contribution < 1.29 is 19.0 Å². The fourth-order valence-corrected chi connectivity index (χ4v) is 2.58. The Balaban J connectivity index is 2.01. The average molecular weight is 308 g/mol. The lowest BCUT2D eigenvalue weighted by Crippen LogP contribution is -2.45. The van der Waals surface area contributed by atoms with Crippen molar-refractivity contribution >= 4 is 11.7 Å². The van der Waals surface area contributed by atoms with Gasteiger partial charge in [0.05, 0.1) is 20.3 Å². The van der Waals surface area contributed by atoms with Crippen molar-refractivity contribution in [3.05, 3.63) is 18.2 Å². The summed E-state index contributed by atoms with van der Waals surface area (Å²) in [5.41, 5.74) is 0.653. The molecule has 1 heterocycles. The molecule has 6 heteroatoms. The van der Waals surface area contributed by atoms with Gasteiger partial charge in [0, 0.05) is 43.6 Å². The normalized spacial score (nSPS) is 18.0. The van der Waals surface area contributed by atoms with E-state index >= 15 is 0 Å². The second kappa shape index (κ2) is 7.89. The second-order valence-corrected chi connectivity index (χ2v) is 5.20. The van der Waals surface area contributed by atoms with Crippen molar-refractivity contribution in [2.75, 3.05) is 39.2 Å². The minimum atomic E-state index is -0.125. The maximum Gasteiger partial charge on any atom is 0.321 e. The fourth-order valence-electron chi connectivity index (χ4n) is 2.58. The molecule has 1 aromatic carbocycles. The first-order valence-corrected chi connectivity index (χ1v) is 7.56. The number of ether oxygens (including phenoxy) is 3. The van der Waals surface area contributed by atoms with Crippen LogP contribution in [0.3, 0.4) is 0 Å². The quantitative estimate of drug-likeness (QED) is 0.908. The van der Waals surface area contributed by atoms with Crippen LogP contribution in [0.25, 0.3) is 0 Å². The summed E-state index contributed by atoms with van der Waals surface area (Å²) >= 11 is 0. The van der Waals surface area contributed by atoms with E-state index < -0.39 is 0 Å². The minimum Gasteiger partial charge on any atom is -0.497 e. The van der Waals surface area contributed by atoms with E-state index in [1.165, 1.54) is 0 Å². The minimum absolute atomic E-state index is 0.125. The molecule has 0 aromatic heterocycles. The number of hydrogen-bond acceptors (Lipinski definition) is 4. The highest BCUT2D eigenvalue weighted by Gasteiger charge is 2.24. The predicted molar refractivity (Wildman–Crippen MR) is 84.8 cm³/mol. The smallest absolute Gasteiger partial charge is 0.321 e. The Labute approximate surface area is 131 Å². The van der Waals surface area contributed by atoms with Crippen molar-refractivity contribution in [2.24, 2.45) is 0 Å². The zero-order chi connectivity index (χ0) is 15.9. The maximum absolute atomic E-state index is 12.4. The van der Waals surface area contributed by atoms with Gasteiger partial charge in [-0.2, -0.15) is 0 Å². The van der Waals surface area contributed by atoms with Crippen molar-refractivity contribution in [3.8, 4) is 11.5 Å². The lowest BCUT2D eigenvalue weighted by Gasteiger charge is -2.32. The summed E-state index contributed by atoms with van der Waals surface area (Å²) in [4.78, 5) is 14.2. The number of rotatable bonds is 5. The molecule has 2 rings (SSSR count). The van der Waals surface area contributed by atoms with Crippen molar-refractivity contribution in [1.82, 2.24) is 4.90 Å². The Morgan fingerprint density at radius 2 is 1.95 bits per heavy atom. The maximum atomic E-state index is 12.4. The zero-order valence-corrected chi connectivity index (χ0v) is 13.4. The first-order valence-electron chi connectivity index (χ1n) is 7.56. The number of hydrogen-bond donors (Lipinski definition) is 1. The number of benzene rings is 1. The summed E-state index contributed by atoms with van der Waals surface area (Å²) in [5, 5.41) is 2.90. The summed E-state index contributed by atoms with van der Waals surface area (Å²) in [7, 11) is 3.16. The highest BCUT2D eigenvalue weighted by molar-refractivity contribution is 5.90. The molecule has 1 saturated heterocycles. The molecule has 1 aromatic rings. The van der Waals surface area contributed by atoms with Gasteiger partial charge in [0.15, 0.2) is 0 Å². The number of carbonyl (C=O) groups excluding carboxylic acids is 1. The summed E-state index contributed by atoms with van der Waals surface area (Å²) < 4.78 is 16.0. The van der Waals surface area contributed by atoms with Gasteiger partial charge in [0.1, 0.15) is 11.5 Å². The van der Waals surface area contributed by atoms with Gasteiger partial charge >= 0.3 is 6.03 Å². The summed E-state index contributed by atoms with van der Waals surface area (Å²) in [5.74, 6) is 1.28. The van der Waals surface area contributed by atoms with E-state index in [0.717, 1.165) is 19.4 Å². The van der Waals surface area contributed by atoms with E-state index in [2.05, 4.69) is 5.32 Å². The van der Waals surface area contributed by atoms with Crippen LogP contribution in [0, 0.1) is 0 Å². The summed E-state index contributed by atoms with van der Waals surface area (Å²) in [6, 6.07) is 5.18. The van der Waals surface area contributed by atoms with Crippen LogP contribution in [0.1, 0.15) is 19.8 Å². The first-order chi connectivity index (χ1) is 10.7. The van der Waals surface area contributed by atoms with Gasteiger partial charge in [-0.25, -0.2) is 4.79 Å². The third kappa shape index (κ3) is 4.27. The fraction of sp³-hybridized carbons (Fsp3) is 0.562. The van der Waals surface area contributed by atoms with Crippen LogP contribution in [-0.4, -0.2) is 51.0 Å². The number of urea groups is 1. The predicted octanol–water partition coefficient (Wildman–Crippen LogP) is 2.74. The van der Waals surface area contributed by atoms with Crippen molar-refractivity contribution in [1.29, 1.82) is 0 Å². The van der Waals surface area contributed by atoms with Gasteiger partial charge < -0.3 is 24.4 Å². The number of anilines is 1. The number of carbonyl (C=O) groups is 1. The zero-order valence-electron chi connectivity index (χ0n) is 13.4. The number of likely N-dealkylation sites (tertiary alicyclic amines) is 1. The molecule has 22 heavy (non-hydrogen) atoms. The summed E-state index contributed by atoms with van der Waals surface area (Å²) in [6.45, 7) is 4.02. The second-order valence-electron chi connectivity index (χ2n) is 5.20. The third-order valence-electron chi connectivity index (χ3n) is 3.67. The highest BCUT2D eigenvalue weighted by atomic mass is 16.5. The highest BCUT2D eigenvalue weighted by Crippen LogP contribution is 2.26. The lowest BCUT2D eigenvalue weighted by molar-refractivity contribution is 0.0181. The topological polar surface area (TPSA) is 60.0 Å². The van der Waals surface area contributed by atoms with Gasteiger partial charge in [-0.3, -0.25) is 0 Å². The standard InChI is InChI=1S/C16H24N2O4/c1-4-22-13-6-5-7-18(11-13)16(19)17-12-8-14(20-2)10-15(9-12)21-3/h8-10,13H,4-7,11H2,1-3H3,(H,17,19)/t13-/m1/s1. The average Bonchev–Trinajstić information content (AvgIpc) is 2.55. The molecule has 0 aliphatic carbocycles. The number of piperidine rings is 1. The Morgan fingerprint density at radius 1 is 1.27 bits per heavy atom. The van der Waals surface area contributed by atoms with Crippen LogP contribution < -0.4 is 14.8 Å². The lowest BCUT2D eigenvalue weighted by atomic mass is 10.1. The van der Waals surface area contributed by atoms with Crippen LogP contribution in [-0.2, 0) is 4.74 Å². The van der Waals surface area contributed by atoms with Gasteiger partial charge in [-0.1, -0.05) is 0 Å². The molecule has 2 amide bonds. The van der Waals surface area contributed by atoms with Gasteiger partial charge in [0.2, 0.25) is 0 Å². The Kier molecular flexibility index (Phi) is 5.89. The van der Waals surface area contributed by atoms with E-state index in [9.17, 15) is 4.79 Å². The number of methoxy groups -OCH3 is 2. The van der Waals surface area contributed by atoms with E-state index in [-0.39, 0.29) is 12.1 Å². The number of amides is 2. The SMILES string of the molecule is CCO[C@@H]1CCCN(C(=O)Nc2cc(OC)cc(OC)c2)C1. The molecule has 1 aliphatic rings. The Morgan fingerprint density at radius 3 is 2.55 bits per heavy atom. The number of nitrogens with one attached hydrogen (secondary N) is 1. The van der Waals surface area contributed by atoms with Crippen molar-refractivity contribution in [2.45, 2.75) is 25.9 Å². The Bertz CT molecular complexity index is 483. The molecular weight excluding hydrogens is 284 g/mol. The van der Waals surface area contributed by atoms with Gasteiger partial charge in [-0.15, -0.1) is 0 Å². The first kappa shape index (κ1) is 16.4. The van der Waals surface area contributed by atoms with Crippen LogP contribution in [0.4, 0.5) is 10.5 Å². The van der Waals surface area contributed by atoms with Gasteiger partial charge in [0.25, 0.3) is 0 Å². The molecule has 1 aliphatic heterocycles. The molecule has 0 unspecified atom stereocenters. The third-order valence-corrected chi connectivity index (χ3v) is 3.67. The monoisotopic (exact) mass is 308 g/mol. The van der Waals surface area contributed by atoms with Crippen molar-refractivity contribution in [3.63, 3.8) is 0 Å². The Hall–Kier alpha value is -1.95. The molecule has 0 bridgehead atoms. The van der Waals surface area contributed by atoms with Crippen LogP contribution >= 0.6 is 0 Å². The van der Waals surface area contributed by atoms with Crippen LogP contribution in [0.15, 0.2) is 18.2 Å². The van der Waals surface area contributed by atoms with Gasteiger partial charge in [-0.05, 0) is 19.8 Å². The molecule has 0 spiro atoms. The molecule has 1 N–H and O–H groups in total. The molecule has 6 nitrogen and oxygen atoms in total. The van der Waals surface area contributed by atoms with Crippen LogP contribution in [0.5, 0.6) is 11.5 Å². The largest absolute Gasteiger partial charge is 0.497 e. The summed E-state index contributed by atoms with van der Waals surface area (Å²) in [6.07, 6.45) is 2.09. The number of nitrogens with zero attached hydrogens (tertiary/aromatic N) is 1. The molecular formula is C16H24N2O4. The van der Waals surface area contributed by atoms with E-state index in [1.54, 1.807) is 37.3 Å². The van der Waals surface area contributed by atoms with E-state index in [1.807, 2.05) is 6.92 Å².